The molecule has 0 saturated carbocycles. The Morgan fingerprint density at radius 3 is 2.50 bits per heavy atom. The molecule has 5 heteroatoms. The number of hydroxylamine groups is 1. The van der Waals surface area contributed by atoms with Crippen molar-refractivity contribution < 1.29 is 14.4 Å². The first-order valence-corrected chi connectivity index (χ1v) is 8.03. The maximum Gasteiger partial charge on any atom is 0.339 e. The summed E-state index contributed by atoms with van der Waals surface area (Å²) in [7, 11) is 0. The van der Waals surface area contributed by atoms with Crippen LogP contribution in [0.25, 0.3) is 0 Å². The highest BCUT2D eigenvalue weighted by molar-refractivity contribution is 5.73. The van der Waals surface area contributed by atoms with Gasteiger partial charge in [0.15, 0.2) is 0 Å². The quantitative estimate of drug-likeness (QED) is 0.756. The predicted octanol–water partition coefficient (Wildman–Crippen LogP) is 3.97. The summed E-state index contributed by atoms with van der Waals surface area (Å²) in [6.45, 7) is 6.18. The van der Waals surface area contributed by atoms with E-state index in [0.29, 0.717) is 6.61 Å². The molecule has 0 saturated heterocycles. The number of amides is 2. The Balaban J connectivity index is 1.80. The van der Waals surface area contributed by atoms with Gasteiger partial charge < -0.3 is 10.1 Å². The zero-order valence-corrected chi connectivity index (χ0v) is 14.3. The van der Waals surface area contributed by atoms with E-state index >= 15 is 0 Å². The molecule has 0 aliphatic carbocycles. The number of hydrogen-bond acceptors (Lipinski definition) is 3. The molecular weight excluding hydrogens is 304 g/mol. The molecule has 0 aromatic heterocycles. The van der Waals surface area contributed by atoms with Gasteiger partial charge in [0.25, 0.3) is 0 Å². The maximum absolute atomic E-state index is 11.9. The third-order valence-corrected chi connectivity index (χ3v) is 3.32. The van der Waals surface area contributed by atoms with Crippen molar-refractivity contribution in [2.75, 3.05) is 0 Å². The molecule has 0 aliphatic heterocycles. The first kappa shape index (κ1) is 17.8. The van der Waals surface area contributed by atoms with Crippen LogP contribution in [0.4, 0.5) is 4.79 Å². The van der Waals surface area contributed by atoms with Crippen molar-refractivity contribution in [1.29, 1.82) is 0 Å². The third kappa shape index (κ3) is 5.93. The summed E-state index contributed by atoms with van der Waals surface area (Å²) in [6.07, 6.45) is 0.109. The summed E-state index contributed by atoms with van der Waals surface area (Å²) >= 11 is 0. The van der Waals surface area contributed by atoms with Gasteiger partial charge in [-0.3, -0.25) is 4.84 Å². The van der Waals surface area contributed by atoms with E-state index in [1.54, 1.807) is 0 Å². The van der Waals surface area contributed by atoms with Crippen LogP contribution in [-0.2, 0) is 11.4 Å². The molecule has 0 spiro atoms. The minimum Gasteiger partial charge on any atom is -0.491 e. The monoisotopic (exact) mass is 328 g/mol. The number of urea groups is 1. The molecule has 1 unspecified atom stereocenters. The highest BCUT2D eigenvalue weighted by Gasteiger charge is 2.10. The molecule has 2 N–H and O–H groups in total. The van der Waals surface area contributed by atoms with E-state index in [0.717, 1.165) is 16.9 Å². The molecule has 5 nitrogen and oxygen atoms in total. The van der Waals surface area contributed by atoms with Gasteiger partial charge in [0.2, 0.25) is 0 Å². The minimum absolute atomic E-state index is 0.109. The number of hydrogen-bond donors (Lipinski definition) is 2. The lowest BCUT2D eigenvalue weighted by Gasteiger charge is -2.17. The summed E-state index contributed by atoms with van der Waals surface area (Å²) in [6, 6.07) is 16.8. The molecule has 0 heterocycles. The molecule has 0 bridgehead atoms. The van der Waals surface area contributed by atoms with Crippen molar-refractivity contribution in [3.8, 4) is 5.75 Å². The first-order chi connectivity index (χ1) is 11.5. The summed E-state index contributed by atoms with van der Waals surface area (Å²) in [5.74, 6) is 0.789. The lowest BCUT2D eigenvalue weighted by molar-refractivity contribution is 0.0483. The Labute approximate surface area is 142 Å². The van der Waals surface area contributed by atoms with E-state index in [2.05, 4.69) is 10.8 Å². The molecule has 2 aromatic rings. The average molecular weight is 328 g/mol. The van der Waals surface area contributed by atoms with Gasteiger partial charge in [-0.2, -0.15) is 0 Å². The standard InChI is InChI=1S/C19H24N2O3/c1-14(2)24-18-11-7-10-17(12-18)15(3)20-19(22)21-23-13-16-8-5-4-6-9-16/h4-12,14-15H,13H2,1-3H3,(H2,20,21,22). The first-order valence-electron chi connectivity index (χ1n) is 8.03. The molecule has 1 atom stereocenters. The van der Waals surface area contributed by atoms with Crippen molar-refractivity contribution in [3.63, 3.8) is 0 Å². The highest BCUT2D eigenvalue weighted by atomic mass is 16.7. The second kappa shape index (κ2) is 8.93. The zero-order valence-electron chi connectivity index (χ0n) is 14.3. The van der Waals surface area contributed by atoms with E-state index in [4.69, 9.17) is 9.57 Å². The molecule has 0 aliphatic rings. The summed E-state index contributed by atoms with van der Waals surface area (Å²) in [5, 5.41) is 2.83. The molecule has 2 rings (SSSR count). The van der Waals surface area contributed by atoms with Crippen LogP contribution < -0.4 is 15.5 Å². The Morgan fingerprint density at radius 2 is 1.79 bits per heavy atom. The topological polar surface area (TPSA) is 59.6 Å². The van der Waals surface area contributed by atoms with Crippen molar-refractivity contribution in [2.24, 2.45) is 0 Å². The Bertz CT molecular complexity index is 644. The molecular formula is C19H24N2O3. The SMILES string of the molecule is CC(C)Oc1cccc(C(C)NC(=O)NOCc2ccccc2)c1. The van der Waals surface area contributed by atoms with Crippen molar-refractivity contribution in [1.82, 2.24) is 10.8 Å². The van der Waals surface area contributed by atoms with Crippen molar-refractivity contribution in [3.05, 3.63) is 65.7 Å². The minimum atomic E-state index is -0.381. The van der Waals surface area contributed by atoms with Crippen LogP contribution in [0.5, 0.6) is 5.75 Å². The van der Waals surface area contributed by atoms with Gasteiger partial charge >= 0.3 is 6.03 Å². The highest BCUT2D eigenvalue weighted by Crippen LogP contribution is 2.20. The van der Waals surface area contributed by atoms with Crippen LogP contribution >= 0.6 is 0 Å². The van der Waals surface area contributed by atoms with E-state index in [9.17, 15) is 4.79 Å². The van der Waals surface area contributed by atoms with Crippen LogP contribution in [0.3, 0.4) is 0 Å². The largest absolute Gasteiger partial charge is 0.491 e. The van der Waals surface area contributed by atoms with E-state index < -0.39 is 0 Å². The molecule has 2 amide bonds. The molecule has 24 heavy (non-hydrogen) atoms. The number of carbonyl (C=O) groups is 1. The second-order valence-electron chi connectivity index (χ2n) is 5.81. The number of benzene rings is 2. The van der Waals surface area contributed by atoms with Gasteiger partial charge in [-0.1, -0.05) is 42.5 Å². The van der Waals surface area contributed by atoms with Gasteiger partial charge in [-0.05, 0) is 44.0 Å². The molecule has 0 radical (unpaired) electrons. The van der Waals surface area contributed by atoms with Crippen LogP contribution in [-0.4, -0.2) is 12.1 Å². The van der Waals surface area contributed by atoms with Gasteiger partial charge in [-0.25, -0.2) is 10.3 Å². The summed E-state index contributed by atoms with van der Waals surface area (Å²) in [5.41, 5.74) is 4.35. The van der Waals surface area contributed by atoms with Crippen LogP contribution in [0, 0.1) is 0 Å². The second-order valence-corrected chi connectivity index (χ2v) is 5.81. The van der Waals surface area contributed by atoms with Crippen LogP contribution in [0.1, 0.15) is 37.9 Å². The number of ether oxygens (including phenoxy) is 1. The third-order valence-electron chi connectivity index (χ3n) is 3.32. The van der Waals surface area contributed by atoms with E-state index in [-0.39, 0.29) is 18.2 Å². The molecule has 0 fully saturated rings. The summed E-state index contributed by atoms with van der Waals surface area (Å²) < 4.78 is 5.67. The maximum atomic E-state index is 11.9. The Morgan fingerprint density at radius 1 is 1.04 bits per heavy atom. The number of rotatable bonds is 7. The fourth-order valence-electron chi connectivity index (χ4n) is 2.20. The zero-order chi connectivity index (χ0) is 17.4. The fraction of sp³-hybridized carbons (Fsp3) is 0.316. The summed E-state index contributed by atoms with van der Waals surface area (Å²) in [4.78, 5) is 17.1. The van der Waals surface area contributed by atoms with Gasteiger partial charge in [0.05, 0.1) is 18.8 Å². The number of carbonyl (C=O) groups excluding carboxylic acids is 1. The van der Waals surface area contributed by atoms with E-state index in [1.807, 2.05) is 75.4 Å². The normalized spacial score (nSPS) is 11.8. The molecule has 2 aromatic carbocycles. The van der Waals surface area contributed by atoms with Gasteiger partial charge in [0, 0.05) is 0 Å². The van der Waals surface area contributed by atoms with Crippen molar-refractivity contribution >= 4 is 6.03 Å². The fourth-order valence-corrected chi connectivity index (χ4v) is 2.20. The number of nitrogens with one attached hydrogen (secondary N) is 2. The lowest BCUT2D eigenvalue weighted by atomic mass is 10.1. The van der Waals surface area contributed by atoms with E-state index in [1.165, 1.54) is 0 Å². The van der Waals surface area contributed by atoms with Gasteiger partial charge in [0.1, 0.15) is 5.75 Å². The lowest BCUT2D eigenvalue weighted by Crippen LogP contribution is -2.36. The van der Waals surface area contributed by atoms with Crippen molar-refractivity contribution in [2.45, 2.75) is 39.5 Å². The Hall–Kier alpha value is -2.53. The smallest absolute Gasteiger partial charge is 0.339 e. The molecule has 128 valence electrons. The van der Waals surface area contributed by atoms with Crippen LogP contribution in [0.15, 0.2) is 54.6 Å². The average Bonchev–Trinajstić information content (AvgIpc) is 2.55. The van der Waals surface area contributed by atoms with Crippen LogP contribution in [0.2, 0.25) is 0 Å². The predicted molar refractivity (Wildman–Crippen MR) is 93.5 cm³/mol. The Kier molecular flexibility index (Phi) is 6.63. The van der Waals surface area contributed by atoms with Gasteiger partial charge in [-0.15, -0.1) is 0 Å².